The van der Waals surface area contributed by atoms with Crippen molar-refractivity contribution in [2.24, 2.45) is 0 Å². The van der Waals surface area contributed by atoms with Crippen LogP contribution in [0.2, 0.25) is 0 Å². The maximum Gasteiger partial charge on any atom is 0.123 e. The second-order valence-electron chi connectivity index (χ2n) is 7.09. The third kappa shape index (κ3) is 3.15. The Morgan fingerprint density at radius 3 is 2.19 bits per heavy atom. The minimum absolute atomic E-state index is 0.155. The van der Waals surface area contributed by atoms with Crippen LogP contribution in [-0.4, -0.2) is 10.2 Å². The van der Waals surface area contributed by atoms with Gasteiger partial charge < -0.3 is 10.2 Å². The molecule has 0 radical (unpaired) electrons. The quantitative estimate of drug-likeness (QED) is 0.448. The Morgan fingerprint density at radius 1 is 0.704 bits per heavy atom. The Labute approximate surface area is 159 Å². The molecule has 0 aliphatic rings. The monoisotopic (exact) mass is 354 g/mol. The lowest BCUT2D eigenvalue weighted by Crippen LogP contribution is -1.98. The molecule has 2 N–H and O–H groups in total. The van der Waals surface area contributed by atoms with Crippen LogP contribution in [0.1, 0.15) is 29.5 Å². The van der Waals surface area contributed by atoms with E-state index in [0.29, 0.717) is 11.1 Å². The fourth-order valence-electron chi connectivity index (χ4n) is 3.71. The molecule has 0 aliphatic heterocycles. The van der Waals surface area contributed by atoms with Crippen molar-refractivity contribution in [1.82, 2.24) is 0 Å². The Bertz CT molecular complexity index is 1120. The Balaban J connectivity index is 1.84. The van der Waals surface area contributed by atoms with Crippen molar-refractivity contribution in [2.45, 2.75) is 19.8 Å². The van der Waals surface area contributed by atoms with E-state index in [0.717, 1.165) is 11.1 Å². The number of fused-ring (bicyclic) bond motifs is 1. The molecule has 0 saturated carbocycles. The van der Waals surface area contributed by atoms with Gasteiger partial charge in [0.25, 0.3) is 0 Å². The third-order valence-corrected chi connectivity index (χ3v) is 5.25. The van der Waals surface area contributed by atoms with E-state index in [-0.39, 0.29) is 17.4 Å². The smallest absolute Gasteiger partial charge is 0.123 e. The van der Waals surface area contributed by atoms with E-state index in [2.05, 4.69) is 49.4 Å². The van der Waals surface area contributed by atoms with Crippen LogP contribution < -0.4 is 0 Å². The standard InChI is InChI=1S/C25H22O2/c1-16-10-12-24(26)22(14-16)23-15-19(11-13-25(23)27)17(2)20-9-5-7-18-6-3-4-8-21(18)20/h3-15,17,26-27H,1-2H3. The highest BCUT2D eigenvalue weighted by Crippen LogP contribution is 2.39. The van der Waals surface area contributed by atoms with Crippen molar-refractivity contribution in [3.05, 3.63) is 95.6 Å². The molecule has 0 spiro atoms. The molecule has 0 bridgehead atoms. The van der Waals surface area contributed by atoms with Gasteiger partial charge in [0.05, 0.1) is 0 Å². The van der Waals surface area contributed by atoms with Crippen molar-refractivity contribution >= 4 is 10.8 Å². The van der Waals surface area contributed by atoms with Gasteiger partial charge in [0.15, 0.2) is 0 Å². The zero-order valence-electron chi connectivity index (χ0n) is 15.5. The minimum atomic E-state index is 0.155. The molecule has 0 fully saturated rings. The van der Waals surface area contributed by atoms with Crippen LogP contribution >= 0.6 is 0 Å². The van der Waals surface area contributed by atoms with E-state index < -0.39 is 0 Å². The van der Waals surface area contributed by atoms with Gasteiger partial charge in [-0.1, -0.05) is 67.1 Å². The number of hydrogen-bond acceptors (Lipinski definition) is 2. The van der Waals surface area contributed by atoms with Crippen molar-refractivity contribution in [2.75, 3.05) is 0 Å². The summed E-state index contributed by atoms with van der Waals surface area (Å²) in [5.74, 6) is 0.498. The van der Waals surface area contributed by atoms with E-state index in [4.69, 9.17) is 0 Å². The number of phenols is 2. The van der Waals surface area contributed by atoms with Crippen LogP contribution in [0.25, 0.3) is 21.9 Å². The SMILES string of the molecule is Cc1ccc(O)c(-c2cc(C(C)c3cccc4ccccc34)ccc2O)c1. The van der Waals surface area contributed by atoms with Crippen molar-refractivity contribution in [3.8, 4) is 22.6 Å². The maximum atomic E-state index is 10.4. The summed E-state index contributed by atoms with van der Waals surface area (Å²) in [4.78, 5) is 0. The maximum absolute atomic E-state index is 10.4. The zero-order valence-corrected chi connectivity index (χ0v) is 15.5. The van der Waals surface area contributed by atoms with E-state index in [1.807, 2.05) is 31.2 Å². The molecular formula is C25H22O2. The Kier molecular flexibility index (Phi) is 4.33. The summed E-state index contributed by atoms with van der Waals surface area (Å²) < 4.78 is 0. The number of aromatic hydroxyl groups is 2. The predicted octanol–water partition coefficient (Wildman–Crippen LogP) is 6.38. The Morgan fingerprint density at radius 2 is 1.37 bits per heavy atom. The normalized spacial score (nSPS) is 12.2. The predicted molar refractivity (Wildman–Crippen MR) is 111 cm³/mol. The molecule has 2 nitrogen and oxygen atoms in total. The van der Waals surface area contributed by atoms with E-state index in [1.165, 1.54) is 16.3 Å². The third-order valence-electron chi connectivity index (χ3n) is 5.25. The average molecular weight is 354 g/mol. The van der Waals surface area contributed by atoms with E-state index in [1.54, 1.807) is 12.1 Å². The first-order valence-electron chi connectivity index (χ1n) is 9.15. The topological polar surface area (TPSA) is 40.5 Å². The first kappa shape index (κ1) is 17.2. The second-order valence-corrected chi connectivity index (χ2v) is 7.09. The summed E-state index contributed by atoms with van der Waals surface area (Å²) in [6.07, 6.45) is 0. The van der Waals surface area contributed by atoms with Gasteiger partial charge in [0.2, 0.25) is 0 Å². The molecule has 0 saturated heterocycles. The van der Waals surface area contributed by atoms with E-state index in [9.17, 15) is 10.2 Å². The highest BCUT2D eigenvalue weighted by atomic mass is 16.3. The number of aryl methyl sites for hydroxylation is 1. The van der Waals surface area contributed by atoms with Gasteiger partial charge in [-0.05, 0) is 53.1 Å². The summed E-state index contributed by atoms with van der Waals surface area (Å²) in [6.45, 7) is 4.15. The molecule has 0 heterocycles. The van der Waals surface area contributed by atoms with E-state index >= 15 is 0 Å². The molecule has 1 atom stereocenters. The molecular weight excluding hydrogens is 332 g/mol. The van der Waals surface area contributed by atoms with Crippen LogP contribution in [0, 0.1) is 6.92 Å². The van der Waals surface area contributed by atoms with Crippen LogP contribution in [0.4, 0.5) is 0 Å². The van der Waals surface area contributed by atoms with Gasteiger partial charge in [-0.3, -0.25) is 0 Å². The molecule has 27 heavy (non-hydrogen) atoms. The van der Waals surface area contributed by atoms with Crippen molar-refractivity contribution in [1.29, 1.82) is 0 Å². The summed E-state index contributed by atoms with van der Waals surface area (Å²) >= 11 is 0. The van der Waals surface area contributed by atoms with Gasteiger partial charge >= 0.3 is 0 Å². The number of hydrogen-bond donors (Lipinski definition) is 2. The summed E-state index contributed by atoms with van der Waals surface area (Å²) in [6, 6.07) is 25.8. The lowest BCUT2D eigenvalue weighted by Gasteiger charge is -2.17. The molecule has 4 rings (SSSR count). The molecule has 134 valence electrons. The van der Waals surface area contributed by atoms with Crippen LogP contribution in [0.15, 0.2) is 78.9 Å². The molecule has 0 aliphatic carbocycles. The van der Waals surface area contributed by atoms with Crippen LogP contribution in [-0.2, 0) is 0 Å². The lowest BCUT2D eigenvalue weighted by molar-refractivity contribution is 0.469. The summed E-state index contributed by atoms with van der Waals surface area (Å²) in [7, 11) is 0. The molecule has 4 aromatic rings. The second kappa shape index (κ2) is 6.81. The fourth-order valence-corrected chi connectivity index (χ4v) is 3.71. The van der Waals surface area contributed by atoms with Crippen molar-refractivity contribution < 1.29 is 10.2 Å². The summed E-state index contributed by atoms with van der Waals surface area (Å²) in [5, 5.41) is 23.2. The van der Waals surface area contributed by atoms with Gasteiger partial charge in [-0.2, -0.15) is 0 Å². The highest BCUT2D eigenvalue weighted by molar-refractivity contribution is 5.86. The van der Waals surface area contributed by atoms with Gasteiger partial charge in [-0.15, -0.1) is 0 Å². The molecule has 4 aromatic carbocycles. The molecule has 0 amide bonds. The largest absolute Gasteiger partial charge is 0.507 e. The van der Waals surface area contributed by atoms with Crippen LogP contribution in [0.3, 0.4) is 0 Å². The first-order valence-corrected chi connectivity index (χ1v) is 9.15. The summed E-state index contributed by atoms with van der Waals surface area (Å²) in [5.41, 5.74) is 4.69. The minimum Gasteiger partial charge on any atom is -0.507 e. The fraction of sp³-hybridized carbons (Fsp3) is 0.120. The molecule has 1 unspecified atom stereocenters. The van der Waals surface area contributed by atoms with Crippen LogP contribution in [0.5, 0.6) is 11.5 Å². The number of benzene rings is 4. The first-order chi connectivity index (χ1) is 13.0. The average Bonchev–Trinajstić information content (AvgIpc) is 2.69. The van der Waals surface area contributed by atoms with Gasteiger partial charge in [0.1, 0.15) is 11.5 Å². The molecule has 2 heteroatoms. The van der Waals surface area contributed by atoms with Crippen molar-refractivity contribution in [3.63, 3.8) is 0 Å². The zero-order chi connectivity index (χ0) is 19.0. The van der Waals surface area contributed by atoms with Gasteiger partial charge in [-0.25, -0.2) is 0 Å². The van der Waals surface area contributed by atoms with Gasteiger partial charge in [0, 0.05) is 17.0 Å². The lowest BCUT2D eigenvalue weighted by atomic mass is 9.87. The number of phenolic OH excluding ortho intramolecular Hbond substituents is 2. The highest BCUT2D eigenvalue weighted by Gasteiger charge is 2.16. The molecule has 0 aromatic heterocycles. The number of rotatable bonds is 3. The Hall–Kier alpha value is -3.26.